The molecule has 0 unspecified atom stereocenters. The van der Waals surface area contributed by atoms with Crippen LogP contribution in [0.25, 0.3) is 0 Å². The Kier molecular flexibility index (Phi) is 6.07. The van der Waals surface area contributed by atoms with Crippen molar-refractivity contribution in [1.82, 2.24) is 9.97 Å². The normalized spacial score (nSPS) is 16.4. The van der Waals surface area contributed by atoms with Crippen molar-refractivity contribution in [3.63, 3.8) is 0 Å². The van der Waals surface area contributed by atoms with Crippen LogP contribution in [0.2, 0.25) is 0 Å². The minimum absolute atomic E-state index is 0.136. The highest BCUT2D eigenvalue weighted by atomic mass is 79.9. The maximum absolute atomic E-state index is 5.68. The van der Waals surface area contributed by atoms with Crippen LogP contribution in [-0.4, -0.2) is 34.0 Å². The van der Waals surface area contributed by atoms with Crippen LogP contribution in [0, 0.1) is 0 Å². The third kappa shape index (κ3) is 4.33. The first-order valence-electron chi connectivity index (χ1n) is 7.52. The van der Waals surface area contributed by atoms with Gasteiger partial charge in [-0.2, -0.15) is 0 Å². The van der Waals surface area contributed by atoms with E-state index in [9.17, 15) is 0 Å². The van der Waals surface area contributed by atoms with Gasteiger partial charge >= 0.3 is 0 Å². The molecule has 0 aliphatic heterocycles. The first kappa shape index (κ1) is 15.5. The highest BCUT2D eigenvalue weighted by Crippen LogP contribution is 2.27. The molecular weight excluding hydrogens is 318 g/mol. The van der Waals surface area contributed by atoms with E-state index in [0.717, 1.165) is 17.7 Å². The Hall–Kier alpha value is -0.840. The minimum Gasteiger partial charge on any atom is -0.475 e. The number of hydrogen-bond donors (Lipinski definition) is 0. The molecule has 1 heterocycles. The largest absolute Gasteiger partial charge is 0.475 e. The molecule has 1 saturated carbocycles. The summed E-state index contributed by atoms with van der Waals surface area (Å²) < 4.78 is 5.68. The summed E-state index contributed by atoms with van der Waals surface area (Å²) in [5.41, 5.74) is 0. The van der Waals surface area contributed by atoms with E-state index in [1.807, 2.05) is 19.9 Å². The van der Waals surface area contributed by atoms with Gasteiger partial charge in [0.25, 0.3) is 0 Å². The Morgan fingerprint density at radius 2 is 2.05 bits per heavy atom. The van der Waals surface area contributed by atoms with Gasteiger partial charge in [-0.25, -0.2) is 9.97 Å². The summed E-state index contributed by atoms with van der Waals surface area (Å²) in [6.07, 6.45) is 8.28. The van der Waals surface area contributed by atoms with Gasteiger partial charge in [0.05, 0.1) is 6.10 Å². The van der Waals surface area contributed by atoms with Crippen molar-refractivity contribution < 1.29 is 4.74 Å². The summed E-state index contributed by atoms with van der Waals surface area (Å²) in [5, 5.41) is 0.952. The van der Waals surface area contributed by atoms with Crippen LogP contribution < -0.4 is 9.64 Å². The number of aromatic nitrogens is 2. The predicted octanol–water partition coefficient (Wildman–Crippen LogP) is 3.80. The van der Waals surface area contributed by atoms with Gasteiger partial charge in [0.2, 0.25) is 5.88 Å². The van der Waals surface area contributed by atoms with Gasteiger partial charge in [-0.15, -0.1) is 0 Å². The van der Waals surface area contributed by atoms with Crippen LogP contribution in [0.3, 0.4) is 0 Å². The standard InChI is InChI=1S/C15H24BrN3O/c1-12(2)20-15-10-14(17-11-18-15)19(9-8-16)13-6-4-3-5-7-13/h10-13H,3-9H2,1-2H3. The fraction of sp³-hybridized carbons (Fsp3) is 0.733. The average molecular weight is 342 g/mol. The lowest BCUT2D eigenvalue weighted by molar-refractivity contribution is 0.232. The number of hydrogen-bond acceptors (Lipinski definition) is 4. The van der Waals surface area contributed by atoms with E-state index in [4.69, 9.17) is 4.74 Å². The number of nitrogens with zero attached hydrogens (tertiary/aromatic N) is 3. The molecule has 1 aliphatic rings. The van der Waals surface area contributed by atoms with E-state index in [-0.39, 0.29) is 6.10 Å². The van der Waals surface area contributed by atoms with Crippen LogP contribution in [-0.2, 0) is 0 Å². The van der Waals surface area contributed by atoms with Crippen molar-refractivity contribution in [3.05, 3.63) is 12.4 Å². The monoisotopic (exact) mass is 341 g/mol. The molecule has 1 aliphatic carbocycles. The van der Waals surface area contributed by atoms with Crippen LogP contribution in [0.4, 0.5) is 5.82 Å². The fourth-order valence-corrected chi connectivity index (χ4v) is 3.14. The molecule has 2 rings (SSSR count). The molecule has 0 spiro atoms. The zero-order valence-corrected chi connectivity index (χ0v) is 14.0. The first-order chi connectivity index (χ1) is 9.70. The maximum Gasteiger partial charge on any atom is 0.218 e. The molecule has 1 aromatic heterocycles. The van der Waals surface area contributed by atoms with E-state index in [1.54, 1.807) is 6.33 Å². The molecule has 4 nitrogen and oxygen atoms in total. The summed E-state index contributed by atoms with van der Waals surface area (Å²) in [6, 6.07) is 2.57. The van der Waals surface area contributed by atoms with Crippen molar-refractivity contribution in [2.75, 3.05) is 16.8 Å². The van der Waals surface area contributed by atoms with Gasteiger partial charge in [0.15, 0.2) is 0 Å². The third-order valence-corrected chi connectivity index (χ3v) is 3.97. The molecule has 0 N–H and O–H groups in total. The molecule has 112 valence electrons. The summed E-state index contributed by atoms with van der Waals surface area (Å²) in [6.45, 7) is 5.00. The lowest BCUT2D eigenvalue weighted by atomic mass is 9.94. The van der Waals surface area contributed by atoms with Crippen molar-refractivity contribution in [2.24, 2.45) is 0 Å². The Balaban J connectivity index is 2.15. The number of halogens is 1. The quantitative estimate of drug-likeness (QED) is 0.737. The molecule has 1 fully saturated rings. The maximum atomic E-state index is 5.68. The molecule has 0 bridgehead atoms. The SMILES string of the molecule is CC(C)Oc1cc(N(CCBr)C2CCCCC2)ncn1. The molecule has 0 radical (unpaired) electrons. The molecule has 0 saturated heterocycles. The fourth-order valence-electron chi connectivity index (χ4n) is 2.76. The molecule has 0 aromatic carbocycles. The zero-order valence-electron chi connectivity index (χ0n) is 12.4. The van der Waals surface area contributed by atoms with Gasteiger partial charge < -0.3 is 9.64 Å². The first-order valence-corrected chi connectivity index (χ1v) is 8.64. The van der Waals surface area contributed by atoms with E-state index >= 15 is 0 Å². The van der Waals surface area contributed by atoms with E-state index in [0.29, 0.717) is 11.9 Å². The van der Waals surface area contributed by atoms with Crippen LogP contribution in [0.15, 0.2) is 12.4 Å². The molecule has 1 aromatic rings. The summed E-state index contributed by atoms with van der Waals surface area (Å²) in [4.78, 5) is 11.1. The van der Waals surface area contributed by atoms with E-state index in [2.05, 4.69) is 30.8 Å². The van der Waals surface area contributed by atoms with Gasteiger partial charge in [-0.1, -0.05) is 35.2 Å². The molecule has 0 amide bonds. The van der Waals surface area contributed by atoms with Crippen molar-refractivity contribution in [1.29, 1.82) is 0 Å². The molecular formula is C15H24BrN3O. The lowest BCUT2D eigenvalue weighted by Gasteiger charge is -2.35. The number of alkyl halides is 1. The average Bonchev–Trinajstić information content (AvgIpc) is 2.45. The van der Waals surface area contributed by atoms with Gasteiger partial charge in [0.1, 0.15) is 12.1 Å². The van der Waals surface area contributed by atoms with Gasteiger partial charge in [-0.05, 0) is 26.7 Å². The Morgan fingerprint density at radius 3 is 2.70 bits per heavy atom. The Bertz CT molecular complexity index is 408. The lowest BCUT2D eigenvalue weighted by Crippen LogP contribution is -2.38. The summed E-state index contributed by atoms with van der Waals surface area (Å²) >= 11 is 3.56. The molecule has 0 atom stereocenters. The van der Waals surface area contributed by atoms with Crippen molar-refractivity contribution >= 4 is 21.7 Å². The second-order valence-corrected chi connectivity index (χ2v) is 6.35. The highest BCUT2D eigenvalue weighted by molar-refractivity contribution is 9.09. The van der Waals surface area contributed by atoms with Crippen LogP contribution >= 0.6 is 15.9 Å². The third-order valence-electron chi connectivity index (χ3n) is 3.62. The summed E-state index contributed by atoms with van der Waals surface area (Å²) in [7, 11) is 0. The molecule has 5 heteroatoms. The minimum atomic E-state index is 0.136. The second kappa shape index (κ2) is 7.81. The zero-order chi connectivity index (χ0) is 14.4. The smallest absolute Gasteiger partial charge is 0.218 e. The topological polar surface area (TPSA) is 38.2 Å². The van der Waals surface area contributed by atoms with E-state index in [1.165, 1.54) is 32.1 Å². The molecule has 20 heavy (non-hydrogen) atoms. The second-order valence-electron chi connectivity index (χ2n) is 5.56. The number of rotatable bonds is 6. The number of anilines is 1. The van der Waals surface area contributed by atoms with Gasteiger partial charge in [-0.3, -0.25) is 0 Å². The predicted molar refractivity (Wildman–Crippen MR) is 85.8 cm³/mol. The van der Waals surface area contributed by atoms with Crippen LogP contribution in [0.5, 0.6) is 5.88 Å². The van der Waals surface area contributed by atoms with Crippen LogP contribution in [0.1, 0.15) is 46.0 Å². The Labute approximate surface area is 130 Å². The highest BCUT2D eigenvalue weighted by Gasteiger charge is 2.22. The van der Waals surface area contributed by atoms with Gasteiger partial charge in [0, 0.05) is 24.0 Å². The Morgan fingerprint density at radius 1 is 1.30 bits per heavy atom. The van der Waals surface area contributed by atoms with Crippen molar-refractivity contribution in [3.8, 4) is 5.88 Å². The number of ether oxygens (including phenoxy) is 1. The van der Waals surface area contributed by atoms with E-state index < -0.39 is 0 Å². The van der Waals surface area contributed by atoms with Crippen molar-refractivity contribution in [2.45, 2.75) is 58.1 Å². The summed E-state index contributed by atoms with van der Waals surface area (Å²) in [5.74, 6) is 1.65.